The lowest BCUT2D eigenvalue weighted by atomic mass is 10.1. The predicted molar refractivity (Wildman–Crippen MR) is 103 cm³/mol. The van der Waals surface area contributed by atoms with E-state index in [1.807, 2.05) is 48.5 Å². The summed E-state index contributed by atoms with van der Waals surface area (Å²) in [5, 5.41) is 9.91. The van der Waals surface area contributed by atoms with Crippen molar-refractivity contribution in [2.75, 3.05) is 0 Å². The number of nitrogens with zero attached hydrogens (tertiary/aromatic N) is 2. The number of aromatic amines is 1. The number of pyridine rings is 1. The molecule has 6 heteroatoms. The van der Waals surface area contributed by atoms with Crippen molar-refractivity contribution >= 4 is 5.91 Å². The van der Waals surface area contributed by atoms with Gasteiger partial charge in [-0.3, -0.25) is 14.9 Å². The number of rotatable bonds is 8. The number of benzene rings is 1. The number of ether oxygens (including phenoxy) is 1. The van der Waals surface area contributed by atoms with Gasteiger partial charge in [-0.25, -0.2) is 0 Å². The SMILES string of the molecule is CC(C)Cc1cc(C(=O)NCc2cccc(OCc3ccccn3)c2)n[nH]1. The Labute approximate surface area is 159 Å². The molecule has 2 heterocycles. The highest BCUT2D eigenvalue weighted by Crippen LogP contribution is 2.15. The normalized spacial score (nSPS) is 10.8. The zero-order valence-corrected chi connectivity index (χ0v) is 15.6. The topological polar surface area (TPSA) is 79.9 Å². The maximum absolute atomic E-state index is 12.3. The maximum atomic E-state index is 12.3. The number of carbonyl (C=O) groups excluding carboxylic acids is 1. The summed E-state index contributed by atoms with van der Waals surface area (Å²) in [6.07, 6.45) is 2.61. The first-order valence-electron chi connectivity index (χ1n) is 9.04. The number of nitrogens with one attached hydrogen (secondary N) is 2. The van der Waals surface area contributed by atoms with E-state index in [-0.39, 0.29) is 5.91 Å². The predicted octanol–water partition coefficient (Wildman–Crippen LogP) is 3.51. The first-order valence-corrected chi connectivity index (χ1v) is 9.04. The molecule has 27 heavy (non-hydrogen) atoms. The molecule has 0 saturated carbocycles. The second kappa shape index (κ2) is 8.98. The minimum Gasteiger partial charge on any atom is -0.487 e. The molecule has 0 aliphatic heterocycles. The summed E-state index contributed by atoms with van der Waals surface area (Å²) in [6, 6.07) is 15.2. The Hall–Kier alpha value is -3.15. The van der Waals surface area contributed by atoms with Crippen LogP contribution in [0.4, 0.5) is 0 Å². The molecule has 0 aliphatic rings. The molecule has 0 unspecified atom stereocenters. The minimum atomic E-state index is -0.193. The van der Waals surface area contributed by atoms with Crippen LogP contribution in [0.1, 0.15) is 41.3 Å². The van der Waals surface area contributed by atoms with Crippen molar-refractivity contribution < 1.29 is 9.53 Å². The molecule has 6 nitrogen and oxygen atoms in total. The summed E-state index contributed by atoms with van der Waals surface area (Å²) >= 11 is 0. The van der Waals surface area contributed by atoms with Crippen LogP contribution in [0.2, 0.25) is 0 Å². The lowest BCUT2D eigenvalue weighted by Gasteiger charge is -2.08. The van der Waals surface area contributed by atoms with Crippen LogP contribution in [-0.4, -0.2) is 21.1 Å². The molecule has 3 rings (SSSR count). The Bertz CT molecular complexity index is 875. The van der Waals surface area contributed by atoms with Crippen molar-refractivity contribution in [2.24, 2.45) is 5.92 Å². The monoisotopic (exact) mass is 364 g/mol. The maximum Gasteiger partial charge on any atom is 0.272 e. The molecule has 0 bridgehead atoms. The summed E-state index contributed by atoms with van der Waals surface area (Å²) in [4.78, 5) is 16.5. The lowest BCUT2D eigenvalue weighted by Crippen LogP contribution is -2.23. The van der Waals surface area contributed by atoms with Gasteiger partial charge < -0.3 is 10.1 Å². The average Bonchev–Trinajstić information content (AvgIpc) is 3.13. The molecule has 3 aromatic rings. The van der Waals surface area contributed by atoms with E-state index in [0.29, 0.717) is 24.8 Å². The van der Waals surface area contributed by atoms with Gasteiger partial charge in [0, 0.05) is 18.4 Å². The number of hydrogen-bond acceptors (Lipinski definition) is 4. The van der Waals surface area contributed by atoms with E-state index in [9.17, 15) is 4.79 Å². The van der Waals surface area contributed by atoms with Gasteiger partial charge in [0.25, 0.3) is 5.91 Å². The molecule has 1 amide bonds. The molecule has 0 atom stereocenters. The molecule has 0 aliphatic carbocycles. The van der Waals surface area contributed by atoms with Gasteiger partial charge in [-0.2, -0.15) is 5.10 Å². The molecule has 2 aromatic heterocycles. The van der Waals surface area contributed by atoms with Gasteiger partial charge in [0.05, 0.1) is 5.69 Å². The van der Waals surface area contributed by atoms with Crippen molar-refractivity contribution in [3.05, 3.63) is 77.4 Å². The Morgan fingerprint density at radius 2 is 2.07 bits per heavy atom. The highest BCUT2D eigenvalue weighted by atomic mass is 16.5. The largest absolute Gasteiger partial charge is 0.487 e. The van der Waals surface area contributed by atoms with Gasteiger partial charge in [-0.05, 0) is 48.2 Å². The summed E-state index contributed by atoms with van der Waals surface area (Å²) in [5.74, 6) is 1.06. The van der Waals surface area contributed by atoms with Crippen LogP contribution >= 0.6 is 0 Å². The molecule has 140 valence electrons. The Morgan fingerprint density at radius 1 is 1.19 bits per heavy atom. The van der Waals surface area contributed by atoms with Crippen LogP contribution in [0, 0.1) is 5.92 Å². The highest BCUT2D eigenvalue weighted by molar-refractivity contribution is 5.92. The molecular weight excluding hydrogens is 340 g/mol. The van der Waals surface area contributed by atoms with Crippen LogP contribution in [0.15, 0.2) is 54.7 Å². The fraction of sp³-hybridized carbons (Fsp3) is 0.286. The van der Waals surface area contributed by atoms with Gasteiger partial charge in [0.15, 0.2) is 0 Å². The van der Waals surface area contributed by atoms with Crippen LogP contribution in [0.5, 0.6) is 5.75 Å². The average molecular weight is 364 g/mol. The van der Waals surface area contributed by atoms with Crippen LogP contribution in [0.3, 0.4) is 0 Å². The third kappa shape index (κ3) is 5.67. The van der Waals surface area contributed by atoms with Gasteiger partial charge in [-0.15, -0.1) is 0 Å². The third-order valence-corrected chi connectivity index (χ3v) is 3.96. The Kier molecular flexibility index (Phi) is 6.20. The Morgan fingerprint density at radius 3 is 2.85 bits per heavy atom. The lowest BCUT2D eigenvalue weighted by molar-refractivity contribution is 0.0946. The first kappa shape index (κ1) is 18.6. The number of aromatic nitrogens is 3. The summed E-state index contributed by atoms with van der Waals surface area (Å²) < 4.78 is 5.77. The zero-order chi connectivity index (χ0) is 19.1. The Balaban J connectivity index is 1.53. The van der Waals surface area contributed by atoms with E-state index in [0.717, 1.165) is 29.1 Å². The number of hydrogen-bond donors (Lipinski definition) is 2. The molecule has 2 N–H and O–H groups in total. The van der Waals surface area contributed by atoms with Crippen molar-refractivity contribution in [1.29, 1.82) is 0 Å². The number of H-pyrrole nitrogens is 1. The quantitative estimate of drug-likeness (QED) is 0.641. The standard InChI is InChI=1S/C21H24N4O2/c1-15(2)10-18-12-20(25-24-18)21(26)23-13-16-6-5-8-19(11-16)27-14-17-7-3-4-9-22-17/h3-9,11-12,15H,10,13-14H2,1-2H3,(H,23,26)(H,24,25). The van der Waals surface area contributed by atoms with E-state index in [2.05, 4.69) is 34.3 Å². The zero-order valence-electron chi connectivity index (χ0n) is 15.6. The van der Waals surface area contributed by atoms with Crippen molar-refractivity contribution in [2.45, 2.75) is 33.4 Å². The van der Waals surface area contributed by atoms with Gasteiger partial charge in [0.2, 0.25) is 0 Å². The molecule has 0 saturated heterocycles. The van der Waals surface area contributed by atoms with Crippen molar-refractivity contribution in [3.63, 3.8) is 0 Å². The van der Waals surface area contributed by atoms with Crippen molar-refractivity contribution in [1.82, 2.24) is 20.5 Å². The smallest absolute Gasteiger partial charge is 0.272 e. The molecule has 0 radical (unpaired) electrons. The van der Waals surface area contributed by atoms with E-state index in [1.165, 1.54) is 0 Å². The van der Waals surface area contributed by atoms with Crippen LogP contribution in [0.25, 0.3) is 0 Å². The van der Waals surface area contributed by atoms with E-state index in [4.69, 9.17) is 4.74 Å². The minimum absolute atomic E-state index is 0.193. The second-order valence-corrected chi connectivity index (χ2v) is 6.82. The van der Waals surface area contributed by atoms with E-state index >= 15 is 0 Å². The van der Waals surface area contributed by atoms with Gasteiger partial charge in [-0.1, -0.05) is 32.0 Å². The highest BCUT2D eigenvalue weighted by Gasteiger charge is 2.11. The van der Waals surface area contributed by atoms with Gasteiger partial charge >= 0.3 is 0 Å². The number of carbonyl (C=O) groups is 1. The van der Waals surface area contributed by atoms with Gasteiger partial charge in [0.1, 0.15) is 18.1 Å². The fourth-order valence-corrected chi connectivity index (χ4v) is 2.68. The van der Waals surface area contributed by atoms with Crippen LogP contribution < -0.4 is 10.1 Å². The summed E-state index contributed by atoms with van der Waals surface area (Å²) in [6.45, 7) is 5.07. The van der Waals surface area contributed by atoms with E-state index < -0.39 is 0 Å². The second-order valence-electron chi connectivity index (χ2n) is 6.82. The molecular formula is C21H24N4O2. The fourth-order valence-electron chi connectivity index (χ4n) is 2.68. The number of amides is 1. The summed E-state index contributed by atoms with van der Waals surface area (Å²) in [7, 11) is 0. The third-order valence-electron chi connectivity index (χ3n) is 3.96. The summed E-state index contributed by atoms with van der Waals surface area (Å²) in [5.41, 5.74) is 3.21. The molecule has 1 aromatic carbocycles. The van der Waals surface area contributed by atoms with Crippen LogP contribution in [-0.2, 0) is 19.6 Å². The first-order chi connectivity index (χ1) is 13.1. The van der Waals surface area contributed by atoms with E-state index in [1.54, 1.807) is 6.20 Å². The van der Waals surface area contributed by atoms with Crippen molar-refractivity contribution in [3.8, 4) is 5.75 Å². The molecule has 0 fully saturated rings. The molecule has 0 spiro atoms.